The van der Waals surface area contributed by atoms with Gasteiger partial charge in [0.2, 0.25) is 5.95 Å². The lowest BCUT2D eigenvalue weighted by molar-refractivity contribution is 0.955. The van der Waals surface area contributed by atoms with Crippen molar-refractivity contribution in [2.75, 3.05) is 0 Å². The highest BCUT2D eigenvalue weighted by molar-refractivity contribution is 6.38. The van der Waals surface area contributed by atoms with Gasteiger partial charge in [-0.05, 0) is 97.4 Å². The molecule has 10 aromatic carbocycles. The van der Waals surface area contributed by atoms with Gasteiger partial charge in [0.25, 0.3) is 0 Å². The lowest BCUT2D eigenvalue weighted by Crippen LogP contribution is -2.06. The lowest BCUT2D eigenvalue weighted by atomic mass is 9.97. The van der Waals surface area contributed by atoms with Gasteiger partial charge in [0, 0.05) is 43.7 Å². The second-order valence-corrected chi connectivity index (χ2v) is 16.0. The van der Waals surface area contributed by atoms with Crippen molar-refractivity contribution in [3.8, 4) is 45.5 Å². The summed E-state index contributed by atoms with van der Waals surface area (Å²) < 4.78 is 4.71. The highest BCUT2D eigenvalue weighted by Crippen LogP contribution is 2.51. The van der Waals surface area contributed by atoms with E-state index in [1.54, 1.807) is 0 Å². The SMILES string of the molecule is c1ccc(-n2c3cccc4c3c3c5c(ccc32)ccc2c5c3c-4cccc3n2-c2nc(-c3ccc4ccccc4c3)nc(-c3cc4ccccc4c4ccccc34)n2)cc1. The Morgan fingerprint density at radius 1 is 0.300 bits per heavy atom. The predicted octanol–water partition coefficient (Wildman–Crippen LogP) is 14.0. The molecule has 0 aliphatic heterocycles. The molecule has 0 N–H and O–H groups in total. The fourth-order valence-electron chi connectivity index (χ4n) is 10.3. The highest BCUT2D eigenvalue weighted by atomic mass is 15.2. The molecule has 0 fully saturated rings. The molecule has 14 rings (SSSR count). The van der Waals surface area contributed by atoms with Gasteiger partial charge in [0.05, 0.1) is 22.1 Å². The molecular formula is C55H31N5. The van der Waals surface area contributed by atoms with Gasteiger partial charge < -0.3 is 4.57 Å². The summed E-state index contributed by atoms with van der Waals surface area (Å²) in [7, 11) is 0. The number of nitrogens with zero attached hydrogens (tertiary/aromatic N) is 5. The molecule has 1 aliphatic rings. The zero-order valence-corrected chi connectivity index (χ0v) is 32.1. The summed E-state index contributed by atoms with van der Waals surface area (Å²) in [6.07, 6.45) is 0. The highest BCUT2D eigenvalue weighted by Gasteiger charge is 2.28. The number of benzene rings is 10. The molecule has 0 saturated carbocycles. The van der Waals surface area contributed by atoms with Crippen LogP contribution in [0.4, 0.5) is 0 Å². The first-order chi connectivity index (χ1) is 29.8. The first kappa shape index (κ1) is 31.9. The van der Waals surface area contributed by atoms with Crippen molar-refractivity contribution in [3.05, 3.63) is 188 Å². The predicted molar refractivity (Wildman–Crippen MR) is 248 cm³/mol. The van der Waals surface area contributed by atoms with E-state index < -0.39 is 0 Å². The van der Waals surface area contributed by atoms with Gasteiger partial charge in [0.1, 0.15) is 0 Å². The molecule has 0 saturated heterocycles. The maximum absolute atomic E-state index is 5.50. The zero-order valence-electron chi connectivity index (χ0n) is 32.1. The van der Waals surface area contributed by atoms with Gasteiger partial charge >= 0.3 is 0 Å². The Balaban J connectivity index is 1.13. The molecule has 0 amide bonds. The second-order valence-electron chi connectivity index (χ2n) is 16.0. The van der Waals surface area contributed by atoms with Gasteiger partial charge in [-0.15, -0.1) is 0 Å². The van der Waals surface area contributed by atoms with Crippen LogP contribution in [-0.4, -0.2) is 24.1 Å². The van der Waals surface area contributed by atoms with E-state index in [4.69, 9.17) is 15.0 Å². The first-order valence-electron chi connectivity index (χ1n) is 20.5. The van der Waals surface area contributed by atoms with Crippen LogP contribution in [0.2, 0.25) is 0 Å². The maximum atomic E-state index is 5.50. The van der Waals surface area contributed by atoms with Gasteiger partial charge in [-0.1, -0.05) is 140 Å². The van der Waals surface area contributed by atoms with Crippen molar-refractivity contribution in [1.29, 1.82) is 0 Å². The summed E-state index contributed by atoms with van der Waals surface area (Å²) in [6.45, 7) is 0. The Bertz CT molecular complexity index is 4010. The molecule has 0 radical (unpaired) electrons. The number of hydrogen-bond acceptors (Lipinski definition) is 3. The van der Waals surface area contributed by atoms with Crippen molar-refractivity contribution in [3.63, 3.8) is 0 Å². The van der Waals surface area contributed by atoms with Crippen LogP contribution in [0.1, 0.15) is 0 Å². The third kappa shape index (κ3) is 4.22. The van der Waals surface area contributed by atoms with E-state index in [1.807, 2.05) is 0 Å². The first-order valence-corrected chi connectivity index (χ1v) is 20.5. The molecule has 5 heteroatoms. The van der Waals surface area contributed by atoms with Crippen LogP contribution in [0.3, 0.4) is 0 Å². The molecule has 13 aromatic rings. The number of para-hydroxylation sites is 1. The van der Waals surface area contributed by atoms with Crippen molar-refractivity contribution in [2.45, 2.75) is 0 Å². The fourth-order valence-corrected chi connectivity index (χ4v) is 10.3. The van der Waals surface area contributed by atoms with E-state index in [0.29, 0.717) is 17.6 Å². The Morgan fingerprint density at radius 3 is 1.65 bits per heavy atom. The third-order valence-corrected chi connectivity index (χ3v) is 12.8. The second kappa shape index (κ2) is 11.7. The molecular weight excluding hydrogens is 731 g/mol. The normalized spacial score (nSPS) is 12.3. The summed E-state index contributed by atoms with van der Waals surface area (Å²) in [5.41, 5.74) is 10.0. The number of aromatic nitrogens is 5. The van der Waals surface area contributed by atoms with Crippen LogP contribution in [-0.2, 0) is 0 Å². The number of hydrogen-bond donors (Lipinski definition) is 0. The summed E-state index contributed by atoms with van der Waals surface area (Å²) in [5.74, 6) is 1.86. The molecule has 1 aliphatic carbocycles. The molecule has 0 unspecified atom stereocenters. The van der Waals surface area contributed by atoms with E-state index in [1.165, 1.54) is 70.6 Å². The fraction of sp³-hybridized carbons (Fsp3) is 0. The third-order valence-electron chi connectivity index (χ3n) is 12.8. The van der Waals surface area contributed by atoms with Gasteiger partial charge in [-0.3, -0.25) is 4.57 Å². The Labute approximate surface area is 343 Å². The van der Waals surface area contributed by atoms with Crippen LogP contribution in [0.15, 0.2) is 188 Å². The molecule has 0 atom stereocenters. The van der Waals surface area contributed by atoms with E-state index in [0.717, 1.165) is 44.0 Å². The minimum atomic E-state index is 0.588. The van der Waals surface area contributed by atoms with Crippen molar-refractivity contribution < 1.29 is 0 Å². The Morgan fingerprint density at radius 2 is 0.883 bits per heavy atom. The van der Waals surface area contributed by atoms with E-state index in [9.17, 15) is 0 Å². The minimum absolute atomic E-state index is 0.588. The summed E-state index contributed by atoms with van der Waals surface area (Å²) >= 11 is 0. The summed E-state index contributed by atoms with van der Waals surface area (Å²) in [5, 5.41) is 14.4. The standard InChI is InChI=1S/C55H31N5/c1-2-15-37(16-3-1)59-44-22-10-20-41-42-21-11-23-45-50(42)52-47(29-27-33-26-28-46(59)51(48(33)52)49(41)44)60(45)55-57-53(36-25-24-32-12-4-5-13-34(32)30-36)56-54(58-55)43-31-35-14-6-7-17-38(35)39-18-8-9-19-40(39)43/h1-31H. The number of rotatable bonds is 4. The largest absolute Gasteiger partial charge is 0.309 e. The monoisotopic (exact) mass is 761 g/mol. The van der Waals surface area contributed by atoms with E-state index in [-0.39, 0.29) is 0 Å². The molecule has 60 heavy (non-hydrogen) atoms. The lowest BCUT2D eigenvalue weighted by Gasteiger charge is -2.14. The van der Waals surface area contributed by atoms with Crippen LogP contribution in [0, 0.1) is 0 Å². The smallest absolute Gasteiger partial charge is 0.238 e. The summed E-state index contributed by atoms with van der Waals surface area (Å²) in [4.78, 5) is 16.3. The Hall–Kier alpha value is -8.15. The van der Waals surface area contributed by atoms with E-state index in [2.05, 4.69) is 197 Å². The van der Waals surface area contributed by atoms with Gasteiger partial charge in [0.15, 0.2) is 11.6 Å². The molecule has 0 bridgehead atoms. The molecule has 0 spiro atoms. The minimum Gasteiger partial charge on any atom is -0.309 e. The quantitative estimate of drug-likeness (QED) is 0.168. The average molecular weight is 762 g/mol. The molecule has 3 heterocycles. The molecule has 276 valence electrons. The summed E-state index contributed by atoms with van der Waals surface area (Å²) in [6, 6.07) is 67.7. The maximum Gasteiger partial charge on any atom is 0.238 e. The van der Waals surface area contributed by atoms with Crippen molar-refractivity contribution in [2.24, 2.45) is 0 Å². The molecule has 5 nitrogen and oxygen atoms in total. The topological polar surface area (TPSA) is 48.5 Å². The van der Waals surface area contributed by atoms with Crippen LogP contribution in [0.5, 0.6) is 0 Å². The van der Waals surface area contributed by atoms with E-state index >= 15 is 0 Å². The van der Waals surface area contributed by atoms with Crippen LogP contribution < -0.4 is 0 Å². The molecule has 3 aromatic heterocycles. The van der Waals surface area contributed by atoms with Crippen LogP contribution in [0.25, 0.3) is 132 Å². The average Bonchev–Trinajstić information content (AvgIpc) is 3.80. The van der Waals surface area contributed by atoms with Gasteiger partial charge in [-0.2, -0.15) is 9.97 Å². The Kier molecular flexibility index (Phi) is 6.23. The zero-order chi connectivity index (χ0) is 39.1. The number of fused-ring (bicyclic) bond motifs is 5. The van der Waals surface area contributed by atoms with Crippen molar-refractivity contribution in [1.82, 2.24) is 24.1 Å². The van der Waals surface area contributed by atoms with Gasteiger partial charge in [-0.25, -0.2) is 4.98 Å². The van der Waals surface area contributed by atoms with Crippen molar-refractivity contribution >= 4 is 86.7 Å². The van der Waals surface area contributed by atoms with Crippen LogP contribution >= 0.6 is 0 Å².